The van der Waals surface area contributed by atoms with Crippen molar-refractivity contribution >= 4 is 17.2 Å². The van der Waals surface area contributed by atoms with Crippen LogP contribution >= 0.6 is 0 Å². The fourth-order valence-corrected chi connectivity index (χ4v) is 2.33. The Morgan fingerprint density at radius 2 is 1.80 bits per heavy atom. The van der Waals surface area contributed by atoms with Crippen molar-refractivity contribution in [3.8, 4) is 11.6 Å². The first-order chi connectivity index (χ1) is 11.5. The largest absolute Gasteiger partial charge is 0.481 e. The lowest BCUT2D eigenvalue weighted by atomic mass is 10.2. The zero-order valence-electron chi connectivity index (χ0n) is 14.2. The summed E-state index contributed by atoms with van der Waals surface area (Å²) in [5.41, 5.74) is 0.0422. The van der Waals surface area contributed by atoms with Gasteiger partial charge in [0.1, 0.15) is 11.0 Å². The summed E-state index contributed by atoms with van der Waals surface area (Å²) >= 11 is 0. The molecule has 5 nitrogen and oxygen atoms in total. The van der Waals surface area contributed by atoms with Crippen molar-refractivity contribution in [3.63, 3.8) is 0 Å². The molecule has 0 saturated carbocycles. The Kier molecular flexibility index (Phi) is 5.36. The first-order valence-electron chi connectivity index (χ1n) is 7.30. The summed E-state index contributed by atoms with van der Waals surface area (Å²) in [6.07, 6.45) is -3.09. The molecule has 0 bridgehead atoms. The van der Waals surface area contributed by atoms with E-state index in [0.29, 0.717) is 11.3 Å². The Hall–Kier alpha value is -2.16. The van der Waals surface area contributed by atoms with Crippen molar-refractivity contribution in [1.29, 1.82) is 0 Å². The highest BCUT2D eigenvalue weighted by Gasteiger charge is 2.35. The third-order valence-electron chi connectivity index (χ3n) is 3.14. The van der Waals surface area contributed by atoms with Crippen LogP contribution < -0.4 is 4.74 Å². The average Bonchev–Trinajstić information content (AvgIpc) is 2.96. The van der Waals surface area contributed by atoms with Gasteiger partial charge in [-0.2, -0.15) is 22.7 Å². The molecule has 1 heterocycles. The third kappa shape index (κ3) is 4.68. The first kappa shape index (κ1) is 19.2. The van der Waals surface area contributed by atoms with Crippen LogP contribution in [0.25, 0.3) is 5.69 Å². The van der Waals surface area contributed by atoms with Gasteiger partial charge in [0, 0.05) is 12.3 Å². The van der Waals surface area contributed by atoms with Crippen LogP contribution in [0.3, 0.4) is 0 Å². The van der Waals surface area contributed by atoms with Crippen LogP contribution in [0.1, 0.15) is 32.0 Å². The monoisotopic (exact) mass is 373 g/mol. The van der Waals surface area contributed by atoms with Gasteiger partial charge in [-0.3, -0.25) is 0 Å². The Balaban J connectivity index is 2.27. The second-order valence-corrected chi connectivity index (χ2v) is 8.10. The molecule has 0 amide bonds. The van der Waals surface area contributed by atoms with E-state index in [-0.39, 0.29) is 5.88 Å². The average molecular weight is 373 g/mol. The number of ether oxygens (including phenoxy) is 1. The molecule has 0 aliphatic heterocycles. The van der Waals surface area contributed by atoms with Crippen LogP contribution in [-0.2, 0) is 17.2 Å². The summed E-state index contributed by atoms with van der Waals surface area (Å²) in [5.74, 6) is -0.0254. The highest BCUT2D eigenvalue weighted by atomic mass is 32.2. The molecule has 136 valence electrons. The lowest BCUT2D eigenvalue weighted by Gasteiger charge is -2.12. The van der Waals surface area contributed by atoms with Gasteiger partial charge in [0.15, 0.2) is 5.69 Å². The van der Waals surface area contributed by atoms with Crippen molar-refractivity contribution in [1.82, 2.24) is 9.78 Å². The number of benzene rings is 1. The van der Waals surface area contributed by atoms with E-state index in [4.69, 9.17) is 4.74 Å². The minimum Gasteiger partial charge on any atom is -0.481 e. The molecule has 0 N–H and O–H groups in total. The molecule has 1 aromatic heterocycles. The summed E-state index contributed by atoms with van der Waals surface area (Å²) in [6.45, 7) is 5.43. The number of rotatable bonds is 4. The number of hydrogen-bond donors (Lipinski definition) is 0. The molecule has 0 aliphatic rings. The van der Waals surface area contributed by atoms with Crippen LogP contribution in [0.15, 0.2) is 34.7 Å². The maximum atomic E-state index is 12.8. The summed E-state index contributed by atoms with van der Waals surface area (Å²) in [6, 6.07) is 7.29. The molecule has 9 heteroatoms. The van der Waals surface area contributed by atoms with Gasteiger partial charge in [-0.05, 0) is 38.5 Å². The standard InChI is InChI=1S/C16H18F3N3O2S/c1-15(2,3)25(23)20-10-11-5-7-12(8-6-11)22-14(24-4)9-13(21-22)16(17,18)19/h5-10H,1-4H3/b20-10+/t25-/m0/s1. The van der Waals surface area contributed by atoms with Gasteiger partial charge in [-0.15, -0.1) is 0 Å². The Morgan fingerprint density at radius 1 is 1.20 bits per heavy atom. The van der Waals surface area contributed by atoms with E-state index in [1.165, 1.54) is 13.3 Å². The Morgan fingerprint density at radius 3 is 2.28 bits per heavy atom. The minimum atomic E-state index is -4.55. The van der Waals surface area contributed by atoms with Crippen LogP contribution in [0.5, 0.6) is 5.88 Å². The smallest absolute Gasteiger partial charge is 0.435 e. The van der Waals surface area contributed by atoms with Gasteiger partial charge in [-0.25, -0.2) is 8.89 Å². The van der Waals surface area contributed by atoms with Gasteiger partial charge in [0.25, 0.3) is 0 Å². The molecule has 1 aromatic carbocycles. The van der Waals surface area contributed by atoms with E-state index in [0.717, 1.165) is 10.7 Å². The van der Waals surface area contributed by atoms with Crippen LogP contribution in [0, 0.1) is 0 Å². The second kappa shape index (κ2) is 6.99. The molecule has 0 aliphatic carbocycles. The van der Waals surface area contributed by atoms with E-state index in [1.54, 1.807) is 24.3 Å². The van der Waals surface area contributed by atoms with Gasteiger partial charge >= 0.3 is 6.18 Å². The fourth-order valence-electron chi connectivity index (χ4n) is 1.80. The van der Waals surface area contributed by atoms with Gasteiger partial charge in [0.05, 0.1) is 17.5 Å². The van der Waals surface area contributed by atoms with Crippen molar-refractivity contribution < 1.29 is 22.1 Å². The van der Waals surface area contributed by atoms with E-state index in [2.05, 4.69) is 9.50 Å². The highest BCUT2D eigenvalue weighted by Crippen LogP contribution is 2.32. The summed E-state index contributed by atoms with van der Waals surface area (Å²) in [5, 5.41) is 3.54. The number of nitrogens with zero attached hydrogens (tertiary/aromatic N) is 3. The van der Waals surface area contributed by atoms with E-state index in [9.17, 15) is 17.4 Å². The van der Waals surface area contributed by atoms with E-state index >= 15 is 0 Å². The predicted molar refractivity (Wildman–Crippen MR) is 90.6 cm³/mol. The molecule has 2 rings (SSSR count). The highest BCUT2D eigenvalue weighted by molar-refractivity contribution is 7.85. The van der Waals surface area contributed by atoms with Crippen LogP contribution in [-0.4, -0.2) is 32.1 Å². The molecule has 25 heavy (non-hydrogen) atoms. The molecule has 0 spiro atoms. The molecule has 0 saturated heterocycles. The van der Waals surface area contributed by atoms with E-state index in [1.807, 2.05) is 20.8 Å². The SMILES string of the molecule is COc1cc(C(F)(F)F)nn1-c1ccc(/C=N/[S@@](=O)C(C)(C)C)cc1. The molecule has 0 radical (unpaired) electrons. The maximum absolute atomic E-state index is 12.8. The quantitative estimate of drug-likeness (QED) is 0.767. The van der Waals surface area contributed by atoms with Crippen molar-refractivity contribution in [3.05, 3.63) is 41.6 Å². The summed E-state index contributed by atoms with van der Waals surface area (Å²) in [4.78, 5) is 0. The lowest BCUT2D eigenvalue weighted by molar-refractivity contribution is -0.141. The number of halogens is 3. The van der Waals surface area contributed by atoms with Crippen molar-refractivity contribution in [2.24, 2.45) is 4.40 Å². The maximum Gasteiger partial charge on any atom is 0.435 e. The number of methoxy groups -OCH3 is 1. The minimum absolute atomic E-state index is 0.0254. The van der Waals surface area contributed by atoms with Crippen molar-refractivity contribution in [2.75, 3.05) is 7.11 Å². The molecule has 1 atom stereocenters. The summed E-state index contributed by atoms with van der Waals surface area (Å²) < 4.78 is 59.8. The zero-order valence-corrected chi connectivity index (χ0v) is 15.0. The molecule has 2 aromatic rings. The molecule has 0 fully saturated rings. The molecule has 0 unspecified atom stereocenters. The predicted octanol–water partition coefficient (Wildman–Crippen LogP) is 3.78. The lowest BCUT2D eigenvalue weighted by Crippen LogP contribution is -2.19. The van der Waals surface area contributed by atoms with Gasteiger partial charge in [-0.1, -0.05) is 12.1 Å². The summed E-state index contributed by atoms with van der Waals surface area (Å²) in [7, 11) is -0.110. The molecular formula is C16H18F3N3O2S. The van der Waals surface area contributed by atoms with Crippen LogP contribution in [0.2, 0.25) is 0 Å². The zero-order chi connectivity index (χ0) is 18.8. The Labute approximate surface area is 146 Å². The molecular weight excluding hydrogens is 355 g/mol. The number of hydrogen-bond acceptors (Lipinski definition) is 3. The second-order valence-electron chi connectivity index (χ2n) is 6.17. The normalized spacial score (nSPS) is 14.0. The third-order valence-corrected chi connectivity index (χ3v) is 4.48. The first-order valence-corrected chi connectivity index (χ1v) is 8.41. The topological polar surface area (TPSA) is 56.5 Å². The van der Waals surface area contributed by atoms with Gasteiger partial charge in [0.2, 0.25) is 5.88 Å². The van der Waals surface area contributed by atoms with Gasteiger partial charge < -0.3 is 4.74 Å². The van der Waals surface area contributed by atoms with E-state index < -0.39 is 27.6 Å². The Bertz CT molecular complexity index is 790. The number of alkyl halides is 3. The van der Waals surface area contributed by atoms with Crippen molar-refractivity contribution in [2.45, 2.75) is 31.7 Å². The number of aromatic nitrogens is 2. The fraction of sp³-hybridized carbons (Fsp3) is 0.375. The van der Waals surface area contributed by atoms with Crippen LogP contribution in [0.4, 0.5) is 13.2 Å².